The van der Waals surface area contributed by atoms with Crippen LogP contribution in [0.15, 0.2) is 35.3 Å². The predicted octanol–water partition coefficient (Wildman–Crippen LogP) is 2.36. The minimum Gasteiger partial charge on any atom is -0.490 e. The quantitative estimate of drug-likeness (QED) is 0.382. The lowest BCUT2D eigenvalue weighted by Gasteiger charge is -2.34. The molecule has 1 N–H and O–H groups in total. The highest BCUT2D eigenvalue weighted by atomic mass is 127. The SMILES string of the molecule is CN=C(NCCN1CCCN(C)CC1)N1CCC(Oc2ccccc2)CC1.I. The average molecular weight is 501 g/mol. The average Bonchev–Trinajstić information content (AvgIpc) is 2.91. The number of nitrogens with zero attached hydrogens (tertiary/aromatic N) is 4. The first-order valence-electron chi connectivity index (χ1n) is 10.3. The molecule has 2 saturated heterocycles. The normalized spacial score (nSPS) is 20.4. The number of aliphatic imine (C=N–C) groups is 1. The number of halogens is 1. The summed E-state index contributed by atoms with van der Waals surface area (Å²) in [6.45, 7) is 8.77. The Morgan fingerprint density at radius 3 is 2.54 bits per heavy atom. The maximum absolute atomic E-state index is 6.10. The number of benzene rings is 1. The van der Waals surface area contributed by atoms with Crippen LogP contribution in [-0.2, 0) is 0 Å². The molecule has 0 atom stereocenters. The van der Waals surface area contributed by atoms with Crippen LogP contribution in [0.2, 0.25) is 0 Å². The first-order chi connectivity index (χ1) is 13.2. The van der Waals surface area contributed by atoms with Crippen LogP contribution in [0.25, 0.3) is 0 Å². The molecule has 7 heteroatoms. The highest BCUT2D eigenvalue weighted by Gasteiger charge is 2.22. The van der Waals surface area contributed by atoms with E-state index in [4.69, 9.17) is 4.74 Å². The van der Waals surface area contributed by atoms with Gasteiger partial charge >= 0.3 is 0 Å². The van der Waals surface area contributed by atoms with Gasteiger partial charge in [-0.05, 0) is 38.7 Å². The van der Waals surface area contributed by atoms with Gasteiger partial charge in [-0.25, -0.2) is 0 Å². The summed E-state index contributed by atoms with van der Waals surface area (Å²) in [7, 11) is 4.10. The lowest BCUT2D eigenvalue weighted by molar-refractivity contribution is 0.129. The van der Waals surface area contributed by atoms with Crippen LogP contribution in [0.4, 0.5) is 0 Å². The van der Waals surface area contributed by atoms with Gasteiger partial charge in [0.25, 0.3) is 0 Å². The second-order valence-corrected chi connectivity index (χ2v) is 7.59. The van der Waals surface area contributed by atoms with Crippen molar-refractivity contribution in [2.75, 3.05) is 66.5 Å². The molecule has 3 rings (SSSR count). The molecule has 1 aromatic rings. The first-order valence-corrected chi connectivity index (χ1v) is 10.3. The lowest BCUT2D eigenvalue weighted by atomic mass is 10.1. The van der Waals surface area contributed by atoms with Gasteiger partial charge in [-0.1, -0.05) is 18.2 Å². The maximum atomic E-state index is 6.10. The van der Waals surface area contributed by atoms with Crippen molar-refractivity contribution in [3.05, 3.63) is 30.3 Å². The third-order valence-electron chi connectivity index (χ3n) is 5.52. The van der Waals surface area contributed by atoms with Crippen molar-refractivity contribution in [1.29, 1.82) is 0 Å². The van der Waals surface area contributed by atoms with Gasteiger partial charge in [-0.3, -0.25) is 4.99 Å². The molecule has 158 valence electrons. The Morgan fingerprint density at radius 1 is 1.07 bits per heavy atom. The molecule has 0 amide bonds. The Balaban J connectivity index is 0.00000280. The van der Waals surface area contributed by atoms with E-state index in [1.54, 1.807) is 0 Å². The minimum atomic E-state index is 0. The van der Waals surface area contributed by atoms with Crippen molar-refractivity contribution in [3.63, 3.8) is 0 Å². The van der Waals surface area contributed by atoms with Gasteiger partial charge in [0.1, 0.15) is 11.9 Å². The van der Waals surface area contributed by atoms with E-state index in [1.807, 2.05) is 37.4 Å². The molecule has 0 aromatic heterocycles. The van der Waals surface area contributed by atoms with Crippen LogP contribution < -0.4 is 10.1 Å². The van der Waals surface area contributed by atoms with Crippen LogP contribution in [0.1, 0.15) is 19.3 Å². The molecule has 0 saturated carbocycles. The topological polar surface area (TPSA) is 43.3 Å². The maximum Gasteiger partial charge on any atom is 0.193 e. The van der Waals surface area contributed by atoms with Gasteiger partial charge in [-0.15, -0.1) is 24.0 Å². The van der Waals surface area contributed by atoms with Crippen LogP contribution in [0.5, 0.6) is 5.75 Å². The summed E-state index contributed by atoms with van der Waals surface area (Å²) in [5.74, 6) is 2.00. The van der Waals surface area contributed by atoms with Gasteiger partial charge in [0.15, 0.2) is 5.96 Å². The zero-order valence-corrected chi connectivity index (χ0v) is 19.7. The van der Waals surface area contributed by atoms with Crippen LogP contribution >= 0.6 is 24.0 Å². The van der Waals surface area contributed by atoms with E-state index in [1.165, 1.54) is 32.6 Å². The number of likely N-dealkylation sites (N-methyl/N-ethyl adjacent to an activating group) is 1. The third kappa shape index (κ3) is 7.40. The Labute approximate surface area is 187 Å². The van der Waals surface area contributed by atoms with Crippen molar-refractivity contribution in [3.8, 4) is 5.75 Å². The monoisotopic (exact) mass is 501 g/mol. The molecule has 0 spiro atoms. The molecule has 28 heavy (non-hydrogen) atoms. The number of hydrogen-bond acceptors (Lipinski definition) is 4. The first kappa shape index (κ1) is 23.2. The molecule has 2 fully saturated rings. The number of guanidine groups is 1. The van der Waals surface area contributed by atoms with Crippen LogP contribution in [0.3, 0.4) is 0 Å². The second-order valence-electron chi connectivity index (χ2n) is 7.59. The number of likely N-dealkylation sites (tertiary alicyclic amines) is 1. The summed E-state index contributed by atoms with van der Waals surface area (Å²) in [5.41, 5.74) is 0. The Morgan fingerprint density at radius 2 is 1.82 bits per heavy atom. The predicted molar refractivity (Wildman–Crippen MR) is 127 cm³/mol. The van der Waals surface area contributed by atoms with E-state index in [9.17, 15) is 0 Å². The smallest absolute Gasteiger partial charge is 0.193 e. The van der Waals surface area contributed by atoms with Gasteiger partial charge < -0.3 is 24.8 Å². The van der Waals surface area contributed by atoms with Gasteiger partial charge in [0.2, 0.25) is 0 Å². The molecule has 0 unspecified atom stereocenters. The molecular weight excluding hydrogens is 465 g/mol. The number of nitrogens with one attached hydrogen (secondary N) is 1. The van der Waals surface area contributed by atoms with E-state index in [-0.39, 0.29) is 24.0 Å². The fourth-order valence-electron chi connectivity index (χ4n) is 3.86. The zero-order valence-electron chi connectivity index (χ0n) is 17.3. The van der Waals surface area contributed by atoms with Crippen molar-refractivity contribution >= 4 is 29.9 Å². The fraction of sp³-hybridized carbons (Fsp3) is 0.667. The second kappa shape index (κ2) is 12.5. The van der Waals surface area contributed by atoms with E-state index < -0.39 is 0 Å². The molecule has 2 aliphatic rings. The van der Waals surface area contributed by atoms with Crippen LogP contribution in [0, 0.1) is 0 Å². The number of rotatable bonds is 5. The molecule has 2 aliphatic heterocycles. The number of para-hydroxylation sites is 1. The molecule has 1 aromatic carbocycles. The summed E-state index contributed by atoms with van der Waals surface area (Å²) in [5, 5.41) is 3.56. The highest BCUT2D eigenvalue weighted by Crippen LogP contribution is 2.18. The summed E-state index contributed by atoms with van der Waals surface area (Å²) < 4.78 is 6.10. The van der Waals surface area contributed by atoms with Crippen molar-refractivity contribution in [1.82, 2.24) is 20.0 Å². The van der Waals surface area contributed by atoms with Gasteiger partial charge in [-0.2, -0.15) is 0 Å². The van der Waals surface area contributed by atoms with Gasteiger partial charge in [0, 0.05) is 59.2 Å². The molecular formula is C21H36IN5O. The van der Waals surface area contributed by atoms with Crippen molar-refractivity contribution in [2.45, 2.75) is 25.4 Å². The Hall–Kier alpha value is -1.06. The summed E-state index contributed by atoms with van der Waals surface area (Å²) in [4.78, 5) is 11.8. The molecule has 0 radical (unpaired) electrons. The summed E-state index contributed by atoms with van der Waals surface area (Å²) in [6.07, 6.45) is 3.64. The van der Waals surface area contributed by atoms with Crippen molar-refractivity contribution in [2.24, 2.45) is 4.99 Å². The van der Waals surface area contributed by atoms with Gasteiger partial charge in [0.05, 0.1) is 0 Å². The number of piperidine rings is 1. The molecule has 0 aliphatic carbocycles. The number of hydrogen-bond donors (Lipinski definition) is 1. The van der Waals surface area contributed by atoms with Crippen LogP contribution in [-0.4, -0.2) is 93.2 Å². The fourth-order valence-corrected chi connectivity index (χ4v) is 3.86. The van der Waals surface area contributed by atoms with E-state index in [0.717, 1.165) is 50.7 Å². The third-order valence-corrected chi connectivity index (χ3v) is 5.52. The molecule has 6 nitrogen and oxygen atoms in total. The summed E-state index contributed by atoms with van der Waals surface area (Å²) >= 11 is 0. The zero-order chi connectivity index (χ0) is 18.9. The summed E-state index contributed by atoms with van der Waals surface area (Å²) in [6, 6.07) is 10.1. The van der Waals surface area contributed by atoms with E-state index in [0.29, 0.717) is 6.10 Å². The Bertz CT molecular complexity index is 577. The van der Waals surface area contributed by atoms with E-state index in [2.05, 4.69) is 32.1 Å². The number of ether oxygens (including phenoxy) is 1. The van der Waals surface area contributed by atoms with E-state index >= 15 is 0 Å². The largest absolute Gasteiger partial charge is 0.490 e. The Kier molecular flexibility index (Phi) is 10.4. The highest BCUT2D eigenvalue weighted by molar-refractivity contribution is 14.0. The lowest BCUT2D eigenvalue weighted by Crippen LogP contribution is -2.49. The van der Waals surface area contributed by atoms with Crippen molar-refractivity contribution < 1.29 is 4.74 Å². The minimum absolute atomic E-state index is 0. The molecule has 0 bridgehead atoms. The standard InChI is InChI=1S/C21H35N5O.HI/c1-22-21(23-11-16-25-13-6-12-24(2)17-18-25)26-14-9-20(10-15-26)27-19-7-4-3-5-8-19;/h3-5,7-8,20H,6,9-18H2,1-2H3,(H,22,23);1H. The molecule has 2 heterocycles.